The SMILES string of the molecule is c1ccc(-c2ccc(N3B4c5c(cc(-c6ccccc6)cc5-n5c6ccc(C78CC9CC(CC(C9)C7)C8)cc6c6cc(C78CC9CC(CC(C9)C7)C8)cc4c65)-c4ccc5ccccc5c43)cc2)cc1. The van der Waals surface area contributed by atoms with Gasteiger partial charge in [0.05, 0.1) is 11.0 Å². The van der Waals surface area contributed by atoms with Crippen molar-refractivity contribution in [2.45, 2.75) is 87.9 Å². The van der Waals surface area contributed by atoms with E-state index in [2.05, 4.69) is 173 Å². The molecule has 19 rings (SSSR count). The standard InChI is InChI=1S/C66H57BN2/c1-3-9-46(10-4-1)48-15-19-53(20-16-48)69-63-54-14-8-7-13-49(54)17-21-55(63)57-29-50(47-11-5-2-6-12-47)30-61-62(57)67(69)59-33-52(66-37-43-26-44(38-66)28-45(27-43)39-66)32-58-56-31-51(18-22-60(56)68(61)64(58)59)65-34-40-23-41(35-65)25-42(24-40)36-65/h1-22,29-33,40-45H,23-28,34-39H2. The quantitative estimate of drug-likeness (QED) is 0.156. The van der Waals surface area contributed by atoms with Gasteiger partial charge in [-0.3, -0.25) is 0 Å². The van der Waals surface area contributed by atoms with E-state index in [-0.39, 0.29) is 12.3 Å². The summed E-state index contributed by atoms with van der Waals surface area (Å²) in [4.78, 5) is 2.81. The molecule has 334 valence electrons. The lowest BCUT2D eigenvalue weighted by Gasteiger charge is -2.57. The summed E-state index contributed by atoms with van der Waals surface area (Å²) in [6, 6.07) is 64.5. The lowest BCUT2D eigenvalue weighted by atomic mass is 9.42. The molecule has 0 unspecified atom stereocenters. The van der Waals surface area contributed by atoms with E-state index in [0.717, 1.165) is 35.5 Å². The maximum atomic E-state index is 2.81. The number of aromatic nitrogens is 1. The summed E-state index contributed by atoms with van der Waals surface area (Å²) in [6.07, 6.45) is 17.1. The van der Waals surface area contributed by atoms with Crippen molar-refractivity contribution in [2.24, 2.45) is 35.5 Å². The van der Waals surface area contributed by atoms with Crippen LogP contribution in [-0.4, -0.2) is 11.4 Å². The summed E-state index contributed by atoms with van der Waals surface area (Å²) in [7, 11) is 0. The van der Waals surface area contributed by atoms with Crippen LogP contribution in [-0.2, 0) is 10.8 Å². The van der Waals surface area contributed by atoms with Crippen molar-refractivity contribution in [3.63, 3.8) is 0 Å². The van der Waals surface area contributed by atoms with E-state index >= 15 is 0 Å². The number of rotatable bonds is 5. The van der Waals surface area contributed by atoms with Gasteiger partial charge in [0.25, 0.3) is 0 Å². The fourth-order valence-electron chi connectivity index (χ4n) is 18.3. The minimum atomic E-state index is -0.0171. The first-order valence-electron chi connectivity index (χ1n) is 26.9. The fourth-order valence-corrected chi connectivity index (χ4v) is 18.3. The van der Waals surface area contributed by atoms with Crippen molar-refractivity contribution < 1.29 is 0 Å². The van der Waals surface area contributed by atoms with Crippen LogP contribution in [0, 0.1) is 35.5 Å². The molecule has 2 aliphatic heterocycles. The molecule has 0 radical (unpaired) electrons. The molecule has 3 heterocycles. The maximum absolute atomic E-state index is 2.81. The van der Waals surface area contributed by atoms with Crippen LogP contribution in [0.3, 0.4) is 0 Å². The van der Waals surface area contributed by atoms with Gasteiger partial charge in [0.15, 0.2) is 0 Å². The van der Waals surface area contributed by atoms with Gasteiger partial charge >= 0.3 is 6.85 Å². The van der Waals surface area contributed by atoms with Gasteiger partial charge < -0.3 is 9.38 Å². The molecule has 9 aromatic rings. The maximum Gasteiger partial charge on any atom is 0.333 e. The first-order valence-corrected chi connectivity index (χ1v) is 26.9. The molecule has 0 N–H and O–H groups in total. The lowest BCUT2D eigenvalue weighted by Crippen LogP contribution is -2.61. The first kappa shape index (κ1) is 38.5. The average molecular weight is 889 g/mol. The molecule has 3 heteroatoms. The number of anilines is 2. The Hall–Kier alpha value is -6.32. The van der Waals surface area contributed by atoms with Crippen molar-refractivity contribution in [1.29, 1.82) is 0 Å². The molecule has 0 amide bonds. The Bertz CT molecular complexity index is 3570. The normalized spacial score (nSPS) is 28.5. The highest BCUT2D eigenvalue weighted by Gasteiger charge is 2.54. The summed E-state index contributed by atoms with van der Waals surface area (Å²) in [5.41, 5.74) is 21.4. The summed E-state index contributed by atoms with van der Waals surface area (Å²) < 4.78 is 2.78. The molecule has 0 atom stereocenters. The van der Waals surface area contributed by atoms with Crippen molar-refractivity contribution in [3.8, 4) is 39.1 Å². The van der Waals surface area contributed by atoms with Gasteiger partial charge in [-0.25, -0.2) is 0 Å². The van der Waals surface area contributed by atoms with Gasteiger partial charge in [-0.2, -0.15) is 0 Å². The predicted octanol–water partition coefficient (Wildman–Crippen LogP) is 15.4. The highest BCUT2D eigenvalue weighted by atomic mass is 15.1. The molecule has 2 nitrogen and oxygen atoms in total. The molecule has 10 aliphatic rings. The largest absolute Gasteiger partial charge is 0.376 e. The third-order valence-electron chi connectivity index (χ3n) is 20.2. The molecule has 8 fully saturated rings. The van der Waals surface area contributed by atoms with Crippen LogP contribution in [0.25, 0.3) is 71.6 Å². The average Bonchev–Trinajstić information content (AvgIpc) is 3.71. The van der Waals surface area contributed by atoms with Gasteiger partial charge in [0, 0.05) is 38.8 Å². The molecular weight excluding hydrogens is 832 g/mol. The molecule has 8 bridgehead atoms. The van der Waals surface area contributed by atoms with Crippen LogP contribution in [0.4, 0.5) is 11.4 Å². The third-order valence-corrected chi connectivity index (χ3v) is 20.2. The van der Waals surface area contributed by atoms with Crippen molar-refractivity contribution in [1.82, 2.24) is 4.57 Å². The minimum Gasteiger partial charge on any atom is -0.376 e. The number of nitrogens with zero attached hydrogens (tertiary/aromatic N) is 2. The van der Waals surface area contributed by atoms with E-state index < -0.39 is 0 Å². The molecule has 1 aromatic heterocycles. The second kappa shape index (κ2) is 13.7. The third kappa shape index (κ3) is 5.35. The summed E-state index contributed by atoms with van der Waals surface area (Å²) >= 11 is 0. The van der Waals surface area contributed by atoms with Crippen LogP contribution in [0.15, 0.2) is 164 Å². The Balaban J connectivity index is 0.990. The molecule has 8 aromatic carbocycles. The Labute approximate surface area is 406 Å². The number of hydrogen-bond donors (Lipinski definition) is 0. The Morgan fingerprint density at radius 2 is 0.986 bits per heavy atom. The zero-order chi connectivity index (χ0) is 44.7. The highest BCUT2D eigenvalue weighted by Crippen LogP contribution is 2.63. The van der Waals surface area contributed by atoms with Gasteiger partial charge in [-0.1, -0.05) is 121 Å². The Kier molecular flexibility index (Phi) is 7.66. The van der Waals surface area contributed by atoms with E-state index in [4.69, 9.17) is 0 Å². The van der Waals surface area contributed by atoms with E-state index in [0.29, 0.717) is 5.41 Å². The van der Waals surface area contributed by atoms with E-state index in [1.54, 1.807) is 11.1 Å². The van der Waals surface area contributed by atoms with Crippen LogP contribution >= 0.6 is 0 Å². The predicted molar refractivity (Wildman–Crippen MR) is 288 cm³/mol. The van der Waals surface area contributed by atoms with Crippen molar-refractivity contribution in [2.75, 3.05) is 4.81 Å². The lowest BCUT2D eigenvalue weighted by molar-refractivity contribution is -0.00526. The van der Waals surface area contributed by atoms with Crippen LogP contribution in [0.2, 0.25) is 0 Å². The van der Waals surface area contributed by atoms with Crippen molar-refractivity contribution in [3.05, 3.63) is 175 Å². The van der Waals surface area contributed by atoms with Crippen LogP contribution in [0.1, 0.15) is 88.2 Å². The molecule has 69 heavy (non-hydrogen) atoms. The number of hydrogen-bond acceptors (Lipinski definition) is 1. The second-order valence-corrected chi connectivity index (χ2v) is 24.1. The van der Waals surface area contributed by atoms with Crippen LogP contribution in [0.5, 0.6) is 0 Å². The monoisotopic (exact) mass is 888 g/mol. The smallest absolute Gasteiger partial charge is 0.333 e. The van der Waals surface area contributed by atoms with Gasteiger partial charge in [-0.15, -0.1) is 0 Å². The molecule has 8 aliphatic carbocycles. The van der Waals surface area contributed by atoms with Crippen LogP contribution < -0.4 is 15.7 Å². The van der Waals surface area contributed by atoms with Gasteiger partial charge in [-0.05, 0) is 221 Å². The zero-order valence-corrected chi connectivity index (χ0v) is 39.5. The number of benzene rings is 8. The topological polar surface area (TPSA) is 8.17 Å². The molecule has 8 saturated carbocycles. The highest BCUT2D eigenvalue weighted by molar-refractivity contribution is 6.94. The Morgan fingerprint density at radius 1 is 0.420 bits per heavy atom. The summed E-state index contributed by atoms with van der Waals surface area (Å²) in [5.74, 6) is 5.38. The summed E-state index contributed by atoms with van der Waals surface area (Å²) in [5, 5.41) is 5.60. The summed E-state index contributed by atoms with van der Waals surface area (Å²) in [6.45, 7) is -0.0171. The zero-order valence-electron chi connectivity index (χ0n) is 39.5. The number of fused-ring (bicyclic) bond motifs is 9. The first-order chi connectivity index (χ1) is 34.0. The minimum absolute atomic E-state index is 0.0171. The molecule has 0 saturated heterocycles. The molecular formula is C66H57BN2. The van der Waals surface area contributed by atoms with E-state index in [9.17, 15) is 0 Å². The van der Waals surface area contributed by atoms with Gasteiger partial charge in [0.1, 0.15) is 0 Å². The molecule has 0 spiro atoms. The van der Waals surface area contributed by atoms with E-state index in [1.807, 2.05) is 0 Å². The fraction of sp³-hybridized carbons (Fsp3) is 0.303. The Morgan fingerprint density at radius 3 is 1.64 bits per heavy atom. The van der Waals surface area contributed by atoms with E-state index in [1.165, 1.54) is 171 Å². The second-order valence-electron chi connectivity index (χ2n) is 24.1. The van der Waals surface area contributed by atoms with Gasteiger partial charge in [0.2, 0.25) is 0 Å². The van der Waals surface area contributed by atoms with Crippen molar-refractivity contribution >= 4 is 61.7 Å².